The Morgan fingerprint density at radius 1 is 1.00 bits per heavy atom. The lowest BCUT2D eigenvalue weighted by Gasteiger charge is -2.57. The SMILES string of the molecule is CC(C)C(C)C=CC(C)C1CCC2C3CC=C4CC(=O)CCC4(C)C3CCC12C. The molecule has 0 bridgehead atoms. The van der Waals surface area contributed by atoms with Gasteiger partial charge in [0.05, 0.1) is 0 Å². The molecule has 3 saturated carbocycles. The zero-order valence-corrected chi connectivity index (χ0v) is 19.8. The summed E-state index contributed by atoms with van der Waals surface area (Å²) in [5.74, 6) is 5.98. The molecule has 0 amide bonds. The fourth-order valence-electron chi connectivity index (χ4n) is 8.09. The number of hydrogen-bond donors (Lipinski definition) is 0. The molecule has 0 aromatic carbocycles. The molecule has 0 N–H and O–H groups in total. The summed E-state index contributed by atoms with van der Waals surface area (Å²) in [6.07, 6.45) is 17.1. The van der Waals surface area contributed by atoms with Gasteiger partial charge < -0.3 is 0 Å². The van der Waals surface area contributed by atoms with Crippen molar-refractivity contribution in [3.63, 3.8) is 0 Å². The van der Waals surface area contributed by atoms with Crippen molar-refractivity contribution in [2.45, 2.75) is 92.9 Å². The molecule has 8 unspecified atom stereocenters. The van der Waals surface area contributed by atoms with Gasteiger partial charge in [-0.2, -0.15) is 0 Å². The molecule has 1 nitrogen and oxygen atoms in total. The first kappa shape index (κ1) is 21.4. The van der Waals surface area contributed by atoms with Gasteiger partial charge >= 0.3 is 0 Å². The molecule has 0 aromatic heterocycles. The Balaban J connectivity index is 1.54. The molecule has 29 heavy (non-hydrogen) atoms. The van der Waals surface area contributed by atoms with Gasteiger partial charge in [0, 0.05) is 12.8 Å². The number of carbonyl (C=O) groups is 1. The van der Waals surface area contributed by atoms with Crippen LogP contribution in [0.25, 0.3) is 0 Å². The maximum atomic E-state index is 12.1. The average molecular weight is 397 g/mol. The third kappa shape index (κ3) is 3.49. The van der Waals surface area contributed by atoms with Crippen molar-refractivity contribution in [1.82, 2.24) is 0 Å². The minimum absolute atomic E-state index is 0.314. The molecular formula is C28H44O. The van der Waals surface area contributed by atoms with E-state index in [-0.39, 0.29) is 0 Å². The molecule has 0 spiro atoms. The Labute approximate surface area is 179 Å². The molecule has 3 fully saturated rings. The highest BCUT2D eigenvalue weighted by Gasteiger charge is 2.58. The number of carbonyl (C=O) groups excluding carboxylic acids is 1. The fourth-order valence-corrected chi connectivity index (χ4v) is 8.09. The summed E-state index contributed by atoms with van der Waals surface area (Å²) in [7, 11) is 0. The van der Waals surface area contributed by atoms with E-state index in [2.05, 4.69) is 59.8 Å². The van der Waals surface area contributed by atoms with Crippen molar-refractivity contribution in [2.75, 3.05) is 0 Å². The van der Waals surface area contributed by atoms with Gasteiger partial charge in [0.1, 0.15) is 5.78 Å². The molecule has 0 radical (unpaired) electrons. The zero-order chi connectivity index (χ0) is 21.0. The van der Waals surface area contributed by atoms with Crippen LogP contribution in [-0.4, -0.2) is 5.78 Å². The maximum Gasteiger partial charge on any atom is 0.136 e. The smallest absolute Gasteiger partial charge is 0.136 e. The zero-order valence-electron chi connectivity index (χ0n) is 19.8. The van der Waals surface area contributed by atoms with Crippen LogP contribution in [0.2, 0.25) is 0 Å². The summed E-state index contributed by atoms with van der Waals surface area (Å²) in [4.78, 5) is 12.1. The highest BCUT2D eigenvalue weighted by atomic mass is 16.1. The van der Waals surface area contributed by atoms with Crippen molar-refractivity contribution in [2.24, 2.45) is 52.3 Å². The molecule has 0 aromatic rings. The number of ketones is 1. The molecule has 4 aliphatic carbocycles. The molecule has 0 saturated heterocycles. The lowest BCUT2D eigenvalue weighted by molar-refractivity contribution is -0.122. The van der Waals surface area contributed by atoms with Gasteiger partial charge in [0.2, 0.25) is 0 Å². The minimum Gasteiger partial charge on any atom is -0.299 e. The molecule has 0 heterocycles. The Hall–Kier alpha value is -0.850. The van der Waals surface area contributed by atoms with Crippen molar-refractivity contribution in [3.05, 3.63) is 23.8 Å². The quantitative estimate of drug-likeness (QED) is 0.447. The summed E-state index contributed by atoms with van der Waals surface area (Å²) in [5, 5.41) is 0. The van der Waals surface area contributed by atoms with Crippen molar-refractivity contribution >= 4 is 5.78 Å². The molecule has 4 rings (SSSR count). The van der Waals surface area contributed by atoms with E-state index < -0.39 is 0 Å². The summed E-state index contributed by atoms with van der Waals surface area (Å²) in [6.45, 7) is 14.7. The first-order chi connectivity index (χ1) is 13.7. The van der Waals surface area contributed by atoms with Gasteiger partial charge in [0.25, 0.3) is 0 Å². The molecule has 162 valence electrons. The van der Waals surface area contributed by atoms with E-state index in [1.807, 2.05) is 0 Å². The van der Waals surface area contributed by atoms with Gasteiger partial charge in [-0.05, 0) is 90.8 Å². The van der Waals surface area contributed by atoms with E-state index in [1.165, 1.54) is 37.7 Å². The van der Waals surface area contributed by atoms with Crippen LogP contribution in [-0.2, 0) is 4.79 Å². The number of Topliss-reactive ketones (excluding diaryl/α,β-unsaturated/α-hetero) is 1. The van der Waals surface area contributed by atoms with Gasteiger partial charge in [-0.1, -0.05) is 65.3 Å². The van der Waals surface area contributed by atoms with Crippen LogP contribution >= 0.6 is 0 Å². The Morgan fingerprint density at radius 2 is 1.76 bits per heavy atom. The molecular weight excluding hydrogens is 352 g/mol. The number of fused-ring (bicyclic) bond motifs is 5. The monoisotopic (exact) mass is 396 g/mol. The van der Waals surface area contributed by atoms with Crippen molar-refractivity contribution in [3.8, 4) is 0 Å². The lowest BCUT2D eigenvalue weighted by Crippen LogP contribution is -2.50. The van der Waals surface area contributed by atoms with Crippen LogP contribution in [0.1, 0.15) is 92.9 Å². The summed E-state index contributed by atoms with van der Waals surface area (Å²) >= 11 is 0. The Kier molecular flexibility index (Phi) is 5.67. The molecule has 8 atom stereocenters. The highest BCUT2D eigenvalue weighted by molar-refractivity contribution is 5.82. The van der Waals surface area contributed by atoms with E-state index in [4.69, 9.17) is 0 Å². The van der Waals surface area contributed by atoms with Crippen LogP contribution < -0.4 is 0 Å². The second-order valence-electron chi connectivity index (χ2n) is 12.1. The molecule has 4 aliphatic rings. The van der Waals surface area contributed by atoms with Crippen LogP contribution in [0.3, 0.4) is 0 Å². The van der Waals surface area contributed by atoms with Gasteiger partial charge in [-0.3, -0.25) is 4.79 Å². The summed E-state index contributed by atoms with van der Waals surface area (Å²) in [6, 6.07) is 0. The van der Waals surface area contributed by atoms with E-state index in [9.17, 15) is 4.79 Å². The van der Waals surface area contributed by atoms with E-state index >= 15 is 0 Å². The largest absolute Gasteiger partial charge is 0.299 e. The van der Waals surface area contributed by atoms with Crippen LogP contribution in [0.15, 0.2) is 23.8 Å². The second-order valence-corrected chi connectivity index (χ2v) is 12.1. The number of rotatable bonds is 4. The third-order valence-corrected chi connectivity index (χ3v) is 10.4. The van der Waals surface area contributed by atoms with Gasteiger partial charge in [0.15, 0.2) is 0 Å². The van der Waals surface area contributed by atoms with Gasteiger partial charge in [-0.15, -0.1) is 0 Å². The third-order valence-electron chi connectivity index (χ3n) is 10.4. The lowest BCUT2D eigenvalue weighted by atomic mass is 9.47. The Bertz CT molecular complexity index is 699. The normalized spacial score (nSPS) is 44.2. The summed E-state index contributed by atoms with van der Waals surface area (Å²) < 4.78 is 0. The van der Waals surface area contributed by atoms with E-state index in [1.54, 1.807) is 0 Å². The first-order valence-electron chi connectivity index (χ1n) is 12.6. The average Bonchev–Trinajstić information content (AvgIpc) is 3.03. The van der Waals surface area contributed by atoms with Crippen molar-refractivity contribution in [1.29, 1.82) is 0 Å². The standard InChI is InChI=1S/C28H44O/c1-18(2)19(3)7-8-20(4)24-11-12-25-23-10-9-21-17-22(29)13-15-27(21,5)26(23)14-16-28(24,25)6/h7-9,18-20,23-26H,10-17H2,1-6H3. The van der Waals surface area contributed by atoms with Crippen LogP contribution in [0, 0.1) is 52.3 Å². The molecule has 0 aliphatic heterocycles. The first-order valence-corrected chi connectivity index (χ1v) is 12.6. The fraction of sp³-hybridized carbons (Fsp3) is 0.821. The van der Waals surface area contributed by atoms with Crippen LogP contribution in [0.5, 0.6) is 0 Å². The summed E-state index contributed by atoms with van der Waals surface area (Å²) in [5.41, 5.74) is 2.33. The maximum absolute atomic E-state index is 12.1. The van der Waals surface area contributed by atoms with Crippen LogP contribution in [0.4, 0.5) is 0 Å². The van der Waals surface area contributed by atoms with Crippen molar-refractivity contribution < 1.29 is 4.79 Å². The second kappa shape index (κ2) is 7.69. The number of allylic oxidation sites excluding steroid dienone is 4. The topological polar surface area (TPSA) is 17.1 Å². The Morgan fingerprint density at radius 3 is 2.48 bits per heavy atom. The van der Waals surface area contributed by atoms with E-state index in [0.717, 1.165) is 48.9 Å². The predicted molar refractivity (Wildman–Crippen MR) is 123 cm³/mol. The molecule has 1 heteroatoms. The van der Waals surface area contributed by atoms with Gasteiger partial charge in [-0.25, -0.2) is 0 Å². The minimum atomic E-state index is 0.314. The highest BCUT2D eigenvalue weighted by Crippen LogP contribution is 2.67. The predicted octanol–water partition coefficient (Wildman–Crippen LogP) is 7.62. The number of hydrogen-bond acceptors (Lipinski definition) is 1. The van der Waals surface area contributed by atoms with E-state index in [0.29, 0.717) is 28.4 Å².